The number of rotatable bonds is 10. The lowest BCUT2D eigenvalue weighted by Gasteiger charge is -2.22. The van der Waals surface area contributed by atoms with Crippen LogP contribution in [0.25, 0.3) is 11.1 Å². The number of carbonyl (C=O) groups excluding carboxylic acids is 2. The highest BCUT2D eigenvalue weighted by Crippen LogP contribution is 2.44. The van der Waals surface area contributed by atoms with Crippen molar-refractivity contribution in [3.8, 4) is 11.1 Å². The van der Waals surface area contributed by atoms with Gasteiger partial charge < -0.3 is 19.9 Å². The maximum Gasteiger partial charge on any atom is 0.407 e. The van der Waals surface area contributed by atoms with Gasteiger partial charge in [0.05, 0.1) is 6.54 Å². The van der Waals surface area contributed by atoms with Gasteiger partial charge in [0, 0.05) is 12.5 Å². The molecule has 0 radical (unpaired) electrons. The van der Waals surface area contributed by atoms with Gasteiger partial charge in [0.2, 0.25) is 0 Å². The highest BCUT2D eigenvalue weighted by molar-refractivity contribution is 5.81. The van der Waals surface area contributed by atoms with E-state index in [2.05, 4.69) is 11.9 Å². The molecule has 3 rings (SSSR count). The molecule has 1 aliphatic carbocycles. The molecule has 0 aromatic heterocycles. The van der Waals surface area contributed by atoms with E-state index in [0.717, 1.165) is 22.3 Å². The van der Waals surface area contributed by atoms with Gasteiger partial charge in [-0.1, -0.05) is 61.2 Å². The van der Waals surface area contributed by atoms with Crippen molar-refractivity contribution in [2.75, 3.05) is 33.4 Å². The number of aliphatic carboxylic acids is 1. The molecule has 0 saturated carbocycles. The van der Waals surface area contributed by atoms with E-state index in [1.807, 2.05) is 48.5 Å². The largest absolute Gasteiger partial charge is 0.480 e. The summed E-state index contributed by atoms with van der Waals surface area (Å²) in [5, 5.41) is 11.8. The molecule has 0 heterocycles. The summed E-state index contributed by atoms with van der Waals surface area (Å²) in [7, 11) is 1.56. The number of carboxylic acids is 1. The fraction of sp³-hybridized carbons (Fsp3) is 0.292. The molecule has 0 unspecified atom stereocenters. The predicted octanol–water partition coefficient (Wildman–Crippen LogP) is 2.64. The lowest BCUT2D eigenvalue weighted by molar-refractivity contribution is -0.145. The van der Waals surface area contributed by atoms with E-state index in [1.165, 1.54) is 11.0 Å². The zero-order chi connectivity index (χ0) is 23.1. The van der Waals surface area contributed by atoms with Crippen molar-refractivity contribution >= 4 is 18.0 Å². The van der Waals surface area contributed by atoms with Crippen LogP contribution >= 0.6 is 0 Å². The van der Waals surface area contributed by atoms with E-state index in [-0.39, 0.29) is 32.2 Å². The number of carbonyl (C=O) groups is 3. The number of carboxylic acid groups (broad SMARTS) is 1. The number of ether oxygens (including phenoxy) is 2. The number of nitrogens with one attached hydrogen (secondary N) is 1. The molecule has 1 aliphatic rings. The van der Waals surface area contributed by atoms with E-state index in [4.69, 9.17) is 9.47 Å². The summed E-state index contributed by atoms with van der Waals surface area (Å²) in [5.41, 5.74) is 4.33. The fourth-order valence-corrected chi connectivity index (χ4v) is 3.76. The Morgan fingerprint density at radius 3 is 2.25 bits per heavy atom. The van der Waals surface area contributed by atoms with Crippen molar-refractivity contribution in [3.63, 3.8) is 0 Å². The van der Waals surface area contributed by atoms with Gasteiger partial charge >= 0.3 is 18.0 Å². The minimum atomic E-state index is -1.25. The minimum Gasteiger partial charge on any atom is -0.480 e. The van der Waals surface area contributed by atoms with Crippen molar-refractivity contribution in [2.24, 2.45) is 0 Å². The van der Waals surface area contributed by atoms with E-state index >= 15 is 0 Å². The number of esters is 1. The number of hydrogen-bond donors (Lipinski definition) is 2. The minimum absolute atomic E-state index is 0.0764. The molecule has 0 fully saturated rings. The number of amides is 1. The van der Waals surface area contributed by atoms with Crippen LogP contribution in [0.1, 0.15) is 17.0 Å². The lowest BCUT2D eigenvalue weighted by Crippen LogP contribution is -2.48. The average molecular weight is 438 g/mol. The Balaban J connectivity index is 1.58. The Morgan fingerprint density at radius 1 is 1.09 bits per heavy atom. The summed E-state index contributed by atoms with van der Waals surface area (Å²) in [6.45, 7) is 3.40. The summed E-state index contributed by atoms with van der Waals surface area (Å²) in [6.07, 6.45) is 0.610. The van der Waals surface area contributed by atoms with Gasteiger partial charge in [-0.25, -0.2) is 9.59 Å². The van der Waals surface area contributed by atoms with Crippen molar-refractivity contribution in [1.29, 1.82) is 0 Å². The van der Waals surface area contributed by atoms with Crippen LogP contribution in [-0.4, -0.2) is 67.4 Å². The molecule has 2 N–H and O–H groups in total. The molecule has 1 atom stereocenters. The first-order valence-electron chi connectivity index (χ1n) is 10.2. The lowest BCUT2D eigenvalue weighted by atomic mass is 9.98. The zero-order valence-corrected chi connectivity index (χ0v) is 17.8. The highest BCUT2D eigenvalue weighted by Gasteiger charge is 2.30. The van der Waals surface area contributed by atoms with Gasteiger partial charge in [-0.05, 0) is 29.3 Å². The van der Waals surface area contributed by atoms with Gasteiger partial charge in [0.1, 0.15) is 19.3 Å². The first-order valence-corrected chi connectivity index (χ1v) is 10.2. The highest BCUT2D eigenvalue weighted by atomic mass is 16.5. The van der Waals surface area contributed by atoms with Crippen LogP contribution in [-0.2, 0) is 19.1 Å². The van der Waals surface area contributed by atoms with Gasteiger partial charge in [-0.3, -0.25) is 9.69 Å². The van der Waals surface area contributed by atoms with Crippen LogP contribution in [0, 0.1) is 0 Å². The van der Waals surface area contributed by atoms with Gasteiger partial charge in [0.25, 0.3) is 0 Å². The number of likely N-dealkylation sites (N-methyl/N-ethyl adjacent to an activating group) is 1. The van der Waals surface area contributed by atoms with Crippen LogP contribution in [0.15, 0.2) is 61.2 Å². The Morgan fingerprint density at radius 2 is 1.69 bits per heavy atom. The molecule has 168 valence electrons. The molecule has 8 heteroatoms. The van der Waals surface area contributed by atoms with Crippen LogP contribution < -0.4 is 5.32 Å². The Kier molecular flexibility index (Phi) is 7.62. The molecular weight excluding hydrogens is 412 g/mol. The molecule has 32 heavy (non-hydrogen) atoms. The second-order valence-corrected chi connectivity index (χ2v) is 7.53. The first kappa shape index (κ1) is 23.0. The van der Waals surface area contributed by atoms with E-state index in [9.17, 15) is 19.5 Å². The zero-order valence-electron chi connectivity index (χ0n) is 17.8. The van der Waals surface area contributed by atoms with Crippen LogP contribution in [0.4, 0.5) is 4.79 Å². The summed E-state index contributed by atoms with van der Waals surface area (Å²) >= 11 is 0. The molecule has 0 aliphatic heterocycles. The number of hydrogen-bond acceptors (Lipinski definition) is 6. The molecule has 0 spiro atoms. The van der Waals surface area contributed by atoms with E-state index < -0.39 is 24.1 Å². The third kappa shape index (κ3) is 5.53. The molecule has 0 saturated heterocycles. The third-order valence-electron chi connectivity index (χ3n) is 5.19. The topological polar surface area (TPSA) is 105 Å². The normalized spacial score (nSPS) is 13.1. The first-order chi connectivity index (χ1) is 15.4. The van der Waals surface area contributed by atoms with Gasteiger partial charge in [0.15, 0.2) is 0 Å². The molecule has 8 nitrogen and oxygen atoms in total. The summed E-state index contributed by atoms with van der Waals surface area (Å²) in [6, 6.07) is 14.6. The maximum atomic E-state index is 12.4. The second-order valence-electron chi connectivity index (χ2n) is 7.53. The van der Waals surface area contributed by atoms with Crippen molar-refractivity contribution in [2.45, 2.75) is 12.0 Å². The predicted molar refractivity (Wildman–Crippen MR) is 118 cm³/mol. The quantitative estimate of drug-likeness (QED) is 0.434. The number of fused-ring (bicyclic) bond motifs is 3. The molecule has 2 aromatic rings. The molecular formula is C24H26N2O6. The van der Waals surface area contributed by atoms with Gasteiger partial charge in [-0.2, -0.15) is 0 Å². The number of benzene rings is 2. The second kappa shape index (κ2) is 10.6. The van der Waals surface area contributed by atoms with Crippen LogP contribution in [0.3, 0.4) is 0 Å². The van der Waals surface area contributed by atoms with Crippen molar-refractivity contribution in [3.05, 3.63) is 72.3 Å². The third-order valence-corrected chi connectivity index (χ3v) is 5.19. The Labute approximate surface area is 186 Å². The fourth-order valence-electron chi connectivity index (χ4n) is 3.76. The maximum absolute atomic E-state index is 12.4. The Bertz CT molecular complexity index is 960. The smallest absolute Gasteiger partial charge is 0.407 e. The average Bonchev–Trinajstić information content (AvgIpc) is 3.09. The van der Waals surface area contributed by atoms with Crippen molar-refractivity contribution < 1.29 is 29.0 Å². The van der Waals surface area contributed by atoms with Crippen LogP contribution in [0.5, 0.6) is 0 Å². The monoisotopic (exact) mass is 438 g/mol. The van der Waals surface area contributed by atoms with E-state index in [1.54, 1.807) is 7.05 Å². The summed E-state index contributed by atoms with van der Waals surface area (Å²) in [4.78, 5) is 37.1. The molecule has 0 bridgehead atoms. The van der Waals surface area contributed by atoms with Crippen LogP contribution in [0.2, 0.25) is 0 Å². The summed E-state index contributed by atoms with van der Waals surface area (Å²) in [5.74, 6) is -1.87. The standard InChI is InChI=1S/C24H26N2O6/c1-3-12-31-22(27)14-26(2)13-21(23(28)29)25-24(30)32-15-20-18-10-6-4-8-16(18)17-9-5-7-11-19(17)20/h3-11,20-21H,1,12-15H2,2H3,(H,25,30)(H,28,29)/t21-/m0/s1. The van der Waals surface area contributed by atoms with Crippen molar-refractivity contribution in [1.82, 2.24) is 10.2 Å². The number of alkyl carbamates (subject to hydrolysis) is 1. The Hall–Kier alpha value is -3.65. The van der Waals surface area contributed by atoms with E-state index in [0.29, 0.717) is 0 Å². The van der Waals surface area contributed by atoms with Gasteiger partial charge in [-0.15, -0.1) is 0 Å². The molecule has 1 amide bonds. The molecule has 2 aromatic carbocycles. The number of nitrogens with zero attached hydrogens (tertiary/aromatic N) is 1. The summed E-state index contributed by atoms with van der Waals surface area (Å²) < 4.78 is 10.3. The SMILES string of the molecule is C=CCOC(=O)CN(C)C[C@H](NC(=O)OCC1c2ccccc2-c2ccccc21)C(=O)O.